The van der Waals surface area contributed by atoms with Crippen molar-refractivity contribution in [3.8, 4) is 5.69 Å². The van der Waals surface area contributed by atoms with E-state index < -0.39 is 0 Å². The third kappa shape index (κ3) is 3.34. The molecule has 0 aliphatic carbocycles. The van der Waals surface area contributed by atoms with Crippen LogP contribution in [-0.4, -0.2) is 15.7 Å². The summed E-state index contributed by atoms with van der Waals surface area (Å²) in [6, 6.07) is 13.6. The Hall–Kier alpha value is -2.82. The zero-order valence-corrected chi connectivity index (χ0v) is 13.2. The van der Waals surface area contributed by atoms with E-state index >= 15 is 0 Å². The Bertz CT molecular complexity index is 789. The number of nitrogens with zero attached hydrogens (tertiary/aromatic N) is 2. The third-order valence-electron chi connectivity index (χ3n) is 3.74. The van der Waals surface area contributed by atoms with Crippen molar-refractivity contribution < 1.29 is 9.21 Å². The number of carbonyl (C=O) groups excluding carboxylic acids is 1. The molecule has 0 saturated carbocycles. The summed E-state index contributed by atoms with van der Waals surface area (Å²) in [6.45, 7) is 3.85. The summed E-state index contributed by atoms with van der Waals surface area (Å²) >= 11 is 0. The van der Waals surface area contributed by atoms with E-state index in [9.17, 15) is 4.79 Å². The van der Waals surface area contributed by atoms with Crippen LogP contribution in [0, 0.1) is 13.8 Å². The van der Waals surface area contributed by atoms with Gasteiger partial charge >= 0.3 is 0 Å². The van der Waals surface area contributed by atoms with Gasteiger partial charge < -0.3 is 9.73 Å². The number of anilines is 1. The second kappa shape index (κ2) is 6.52. The highest BCUT2D eigenvalue weighted by molar-refractivity contribution is 5.92. The number of hydrogen-bond acceptors (Lipinski definition) is 3. The van der Waals surface area contributed by atoms with Crippen molar-refractivity contribution in [3.05, 3.63) is 65.9 Å². The van der Waals surface area contributed by atoms with Crippen LogP contribution >= 0.6 is 0 Å². The Balaban J connectivity index is 1.73. The molecule has 3 aromatic rings. The molecule has 23 heavy (non-hydrogen) atoms. The SMILES string of the molecule is Cc1nn(-c2ccccc2)c(C)c1NC(=O)CCc1ccco1. The van der Waals surface area contributed by atoms with E-state index in [0.717, 1.165) is 28.5 Å². The molecule has 1 N–H and O–H groups in total. The largest absolute Gasteiger partial charge is 0.469 e. The van der Waals surface area contributed by atoms with Gasteiger partial charge in [-0.05, 0) is 38.1 Å². The number of rotatable bonds is 5. The summed E-state index contributed by atoms with van der Waals surface area (Å²) < 4.78 is 7.09. The smallest absolute Gasteiger partial charge is 0.224 e. The van der Waals surface area contributed by atoms with Crippen LogP contribution in [0.4, 0.5) is 5.69 Å². The molecule has 0 radical (unpaired) electrons. The first-order valence-corrected chi connectivity index (χ1v) is 7.59. The Morgan fingerprint density at radius 1 is 1.17 bits per heavy atom. The topological polar surface area (TPSA) is 60.1 Å². The predicted molar refractivity (Wildman–Crippen MR) is 88.7 cm³/mol. The molecule has 1 amide bonds. The second-order valence-corrected chi connectivity index (χ2v) is 5.42. The molecule has 0 saturated heterocycles. The number of benzene rings is 1. The maximum atomic E-state index is 12.2. The molecule has 1 aromatic carbocycles. The summed E-state index contributed by atoms with van der Waals surface area (Å²) in [5, 5.41) is 7.49. The van der Waals surface area contributed by atoms with Crippen LogP contribution in [0.15, 0.2) is 53.1 Å². The van der Waals surface area contributed by atoms with Crippen LogP contribution in [0.25, 0.3) is 5.69 Å². The summed E-state index contributed by atoms with van der Waals surface area (Å²) in [4.78, 5) is 12.2. The van der Waals surface area contributed by atoms with Crippen molar-refractivity contribution >= 4 is 11.6 Å². The van der Waals surface area contributed by atoms with E-state index in [0.29, 0.717) is 12.8 Å². The molecule has 2 aromatic heterocycles. The Kier molecular flexibility index (Phi) is 4.28. The number of hydrogen-bond donors (Lipinski definition) is 1. The Morgan fingerprint density at radius 2 is 1.96 bits per heavy atom. The van der Waals surface area contributed by atoms with E-state index in [4.69, 9.17) is 4.42 Å². The lowest BCUT2D eigenvalue weighted by Crippen LogP contribution is -2.13. The number of amides is 1. The molecular formula is C18H19N3O2. The fourth-order valence-corrected chi connectivity index (χ4v) is 2.54. The first-order valence-electron chi connectivity index (χ1n) is 7.59. The Labute approximate surface area is 134 Å². The highest BCUT2D eigenvalue weighted by Crippen LogP contribution is 2.23. The van der Waals surface area contributed by atoms with Crippen molar-refractivity contribution in [2.45, 2.75) is 26.7 Å². The van der Waals surface area contributed by atoms with Crippen molar-refractivity contribution in [2.24, 2.45) is 0 Å². The minimum absolute atomic E-state index is 0.0415. The lowest BCUT2D eigenvalue weighted by Gasteiger charge is -2.06. The van der Waals surface area contributed by atoms with Crippen LogP contribution in [0.3, 0.4) is 0 Å². The number of aryl methyl sites for hydroxylation is 2. The second-order valence-electron chi connectivity index (χ2n) is 5.42. The predicted octanol–water partition coefficient (Wildman–Crippen LogP) is 3.65. The van der Waals surface area contributed by atoms with Gasteiger partial charge in [-0.2, -0.15) is 5.10 Å². The van der Waals surface area contributed by atoms with Gasteiger partial charge in [-0.1, -0.05) is 18.2 Å². The van der Waals surface area contributed by atoms with Gasteiger partial charge in [0.05, 0.1) is 29.0 Å². The lowest BCUT2D eigenvalue weighted by atomic mass is 10.2. The zero-order chi connectivity index (χ0) is 16.2. The molecule has 0 spiro atoms. The highest BCUT2D eigenvalue weighted by Gasteiger charge is 2.15. The molecule has 3 rings (SSSR count). The highest BCUT2D eigenvalue weighted by atomic mass is 16.3. The first-order chi connectivity index (χ1) is 11.1. The summed E-state index contributed by atoms with van der Waals surface area (Å²) in [7, 11) is 0. The lowest BCUT2D eigenvalue weighted by molar-refractivity contribution is -0.116. The van der Waals surface area contributed by atoms with Crippen molar-refractivity contribution in [1.29, 1.82) is 0 Å². The standard InChI is InChI=1S/C18H19N3O2/c1-13-18(19-17(22)11-10-16-9-6-12-23-16)14(2)21(20-13)15-7-4-3-5-8-15/h3-9,12H,10-11H2,1-2H3,(H,19,22). The number of carbonyl (C=O) groups is 1. The van der Waals surface area contributed by atoms with Gasteiger partial charge in [0.25, 0.3) is 0 Å². The summed E-state index contributed by atoms with van der Waals surface area (Å²) in [5.74, 6) is 0.772. The van der Waals surface area contributed by atoms with E-state index in [-0.39, 0.29) is 5.91 Å². The molecule has 0 unspecified atom stereocenters. The minimum Gasteiger partial charge on any atom is -0.469 e. The van der Waals surface area contributed by atoms with Crippen molar-refractivity contribution in [3.63, 3.8) is 0 Å². The van der Waals surface area contributed by atoms with Crippen LogP contribution in [0.5, 0.6) is 0 Å². The van der Waals surface area contributed by atoms with Crippen LogP contribution < -0.4 is 5.32 Å². The van der Waals surface area contributed by atoms with Crippen LogP contribution in [0.1, 0.15) is 23.6 Å². The average molecular weight is 309 g/mol. The van der Waals surface area contributed by atoms with E-state index in [1.807, 2.05) is 61.0 Å². The molecule has 0 atom stereocenters. The molecule has 0 fully saturated rings. The molecule has 5 nitrogen and oxygen atoms in total. The molecule has 2 heterocycles. The van der Waals surface area contributed by atoms with Gasteiger partial charge in [0.1, 0.15) is 5.76 Å². The minimum atomic E-state index is -0.0415. The molecule has 5 heteroatoms. The average Bonchev–Trinajstić information content (AvgIpc) is 3.17. The van der Waals surface area contributed by atoms with Gasteiger partial charge in [-0.15, -0.1) is 0 Å². The molecular weight excluding hydrogens is 290 g/mol. The summed E-state index contributed by atoms with van der Waals surface area (Å²) in [5.41, 5.74) is 3.47. The Morgan fingerprint density at radius 3 is 2.65 bits per heavy atom. The zero-order valence-electron chi connectivity index (χ0n) is 13.2. The van der Waals surface area contributed by atoms with Crippen molar-refractivity contribution in [2.75, 3.05) is 5.32 Å². The fraction of sp³-hybridized carbons (Fsp3) is 0.222. The molecule has 118 valence electrons. The third-order valence-corrected chi connectivity index (χ3v) is 3.74. The van der Waals surface area contributed by atoms with E-state index in [2.05, 4.69) is 10.4 Å². The monoisotopic (exact) mass is 309 g/mol. The quantitative estimate of drug-likeness (QED) is 0.782. The van der Waals surface area contributed by atoms with Gasteiger partial charge in [0.15, 0.2) is 0 Å². The number of furan rings is 1. The van der Waals surface area contributed by atoms with E-state index in [1.54, 1.807) is 6.26 Å². The van der Waals surface area contributed by atoms with Crippen LogP contribution in [0.2, 0.25) is 0 Å². The number of para-hydroxylation sites is 1. The molecule has 0 aliphatic rings. The van der Waals surface area contributed by atoms with Gasteiger partial charge in [0.2, 0.25) is 5.91 Å². The van der Waals surface area contributed by atoms with Gasteiger partial charge in [-0.3, -0.25) is 4.79 Å². The first kappa shape index (κ1) is 15.1. The van der Waals surface area contributed by atoms with Crippen LogP contribution in [-0.2, 0) is 11.2 Å². The number of nitrogens with one attached hydrogen (secondary N) is 1. The maximum Gasteiger partial charge on any atom is 0.224 e. The summed E-state index contributed by atoms with van der Waals surface area (Å²) in [6.07, 6.45) is 2.58. The number of aromatic nitrogens is 2. The van der Waals surface area contributed by atoms with Crippen molar-refractivity contribution in [1.82, 2.24) is 9.78 Å². The fourth-order valence-electron chi connectivity index (χ4n) is 2.54. The van der Waals surface area contributed by atoms with Gasteiger partial charge in [0, 0.05) is 12.8 Å². The maximum absolute atomic E-state index is 12.2. The van der Waals surface area contributed by atoms with Gasteiger partial charge in [-0.25, -0.2) is 4.68 Å². The molecule has 0 aliphatic heterocycles. The van der Waals surface area contributed by atoms with E-state index in [1.165, 1.54) is 0 Å². The normalized spacial score (nSPS) is 10.7. The molecule has 0 bridgehead atoms.